The van der Waals surface area contributed by atoms with E-state index in [-0.39, 0.29) is 0 Å². The van der Waals surface area contributed by atoms with Gasteiger partial charge in [-0.25, -0.2) is 0 Å². The summed E-state index contributed by atoms with van der Waals surface area (Å²) in [6.45, 7) is 4.53. The fraction of sp³-hybridized carbons (Fsp3) is 0.478. The van der Waals surface area contributed by atoms with Crippen LogP contribution in [0.3, 0.4) is 0 Å². The van der Waals surface area contributed by atoms with Crippen LogP contribution in [0.25, 0.3) is 0 Å². The van der Waals surface area contributed by atoms with Gasteiger partial charge >= 0.3 is 0 Å². The maximum Gasteiger partial charge on any atom is 0.115 e. The highest BCUT2D eigenvalue weighted by Crippen LogP contribution is 2.47. The summed E-state index contributed by atoms with van der Waals surface area (Å²) in [5.74, 6) is 0.413. The summed E-state index contributed by atoms with van der Waals surface area (Å²) in [4.78, 5) is 2.72. The molecular formula is C23H29NO. The highest BCUT2D eigenvalue weighted by molar-refractivity contribution is 5.34. The van der Waals surface area contributed by atoms with Crippen molar-refractivity contribution in [1.29, 1.82) is 0 Å². The third-order valence-corrected chi connectivity index (χ3v) is 6.44. The number of phenols is 1. The Morgan fingerprint density at radius 2 is 2.00 bits per heavy atom. The van der Waals surface area contributed by atoms with Crippen LogP contribution in [0.4, 0.5) is 0 Å². The largest absolute Gasteiger partial charge is 0.508 e. The Labute approximate surface area is 151 Å². The molecule has 132 valence electrons. The van der Waals surface area contributed by atoms with Crippen LogP contribution in [0.1, 0.15) is 48.8 Å². The van der Waals surface area contributed by atoms with Crippen molar-refractivity contribution in [2.24, 2.45) is 0 Å². The van der Waals surface area contributed by atoms with Gasteiger partial charge in [0.2, 0.25) is 0 Å². The second kappa shape index (κ2) is 6.84. The van der Waals surface area contributed by atoms with E-state index in [1.807, 2.05) is 12.1 Å². The molecule has 1 saturated heterocycles. The lowest BCUT2D eigenvalue weighted by atomic mass is 9.63. The molecule has 0 spiro atoms. The van der Waals surface area contributed by atoms with Gasteiger partial charge in [-0.05, 0) is 74.2 Å². The summed E-state index contributed by atoms with van der Waals surface area (Å²) in [5, 5.41) is 9.91. The van der Waals surface area contributed by atoms with E-state index in [0.717, 1.165) is 6.42 Å². The Morgan fingerprint density at radius 1 is 1.12 bits per heavy atom. The summed E-state index contributed by atoms with van der Waals surface area (Å²) in [7, 11) is 0. The van der Waals surface area contributed by atoms with Crippen molar-refractivity contribution in [3.05, 3.63) is 65.2 Å². The molecule has 2 fully saturated rings. The number of hydrogen-bond donors (Lipinski definition) is 1. The van der Waals surface area contributed by atoms with Gasteiger partial charge in [0.15, 0.2) is 0 Å². The molecule has 2 nitrogen and oxygen atoms in total. The van der Waals surface area contributed by atoms with Gasteiger partial charge in [-0.1, -0.05) is 48.4 Å². The number of hydrogen-bond acceptors (Lipinski definition) is 2. The van der Waals surface area contributed by atoms with Crippen molar-refractivity contribution in [2.75, 3.05) is 13.1 Å². The Kier molecular flexibility index (Phi) is 4.56. The van der Waals surface area contributed by atoms with Crippen molar-refractivity contribution in [1.82, 2.24) is 4.90 Å². The Hall–Kier alpha value is -1.80. The van der Waals surface area contributed by atoms with Crippen molar-refractivity contribution in [2.45, 2.75) is 56.9 Å². The molecule has 0 amide bonds. The molecule has 2 atom stereocenters. The molecule has 0 aromatic heterocycles. The molecule has 1 heterocycles. The average Bonchev–Trinajstić information content (AvgIpc) is 2.61. The normalized spacial score (nSPS) is 26.5. The standard InChI is InChI=1S/C23H29NO/c1-18-5-2-6-19(15-18)10-13-24-14-12-23(11-4-8-21(24)17-23)20-7-3-9-22(25)16-20/h2-3,5-7,9,15-16,21,25H,4,8,10-14,17H2,1H3/t21-,23+/m0/s1. The first-order chi connectivity index (χ1) is 12.1. The zero-order valence-electron chi connectivity index (χ0n) is 15.2. The lowest BCUT2D eigenvalue weighted by Crippen LogP contribution is -2.52. The Bertz CT molecular complexity index is 740. The minimum Gasteiger partial charge on any atom is -0.508 e. The number of nitrogens with zero attached hydrogens (tertiary/aromatic N) is 1. The number of aryl methyl sites for hydroxylation is 1. The van der Waals surface area contributed by atoms with E-state index in [1.165, 1.54) is 61.9 Å². The summed E-state index contributed by atoms with van der Waals surface area (Å²) in [6.07, 6.45) is 7.54. The SMILES string of the molecule is Cc1cccc(CCN2CC[C@]3(c4cccc(O)c4)CCC[C@H]2C3)c1. The summed E-state index contributed by atoms with van der Waals surface area (Å²) >= 11 is 0. The van der Waals surface area contributed by atoms with Crippen LogP contribution < -0.4 is 0 Å². The highest BCUT2D eigenvalue weighted by atomic mass is 16.3. The number of rotatable bonds is 4. The van der Waals surface area contributed by atoms with Crippen molar-refractivity contribution in [3.63, 3.8) is 0 Å². The van der Waals surface area contributed by atoms with Crippen LogP contribution in [0.5, 0.6) is 5.75 Å². The van der Waals surface area contributed by atoms with E-state index in [4.69, 9.17) is 0 Å². The number of likely N-dealkylation sites (tertiary alicyclic amines) is 1. The number of aromatic hydroxyl groups is 1. The van der Waals surface area contributed by atoms with Gasteiger partial charge in [0, 0.05) is 12.6 Å². The monoisotopic (exact) mass is 335 g/mol. The predicted molar refractivity (Wildman–Crippen MR) is 103 cm³/mol. The molecule has 2 aromatic rings. The maximum absolute atomic E-state index is 9.91. The molecule has 2 aliphatic rings. The number of fused-ring (bicyclic) bond motifs is 2. The first-order valence-corrected chi connectivity index (χ1v) is 9.74. The number of piperidine rings is 1. The quantitative estimate of drug-likeness (QED) is 0.865. The third kappa shape index (κ3) is 3.46. The number of phenolic OH excluding ortho intramolecular Hbond substituents is 1. The molecule has 2 heteroatoms. The van der Waals surface area contributed by atoms with Gasteiger partial charge in [0.05, 0.1) is 0 Å². The topological polar surface area (TPSA) is 23.5 Å². The van der Waals surface area contributed by atoms with Crippen molar-refractivity contribution in [3.8, 4) is 5.75 Å². The van der Waals surface area contributed by atoms with Crippen LogP contribution >= 0.6 is 0 Å². The van der Waals surface area contributed by atoms with Gasteiger partial charge in [-0.2, -0.15) is 0 Å². The Balaban J connectivity index is 1.45. The summed E-state index contributed by atoms with van der Waals surface area (Å²) in [5.41, 5.74) is 4.47. The van der Waals surface area contributed by atoms with E-state index in [2.05, 4.69) is 42.2 Å². The van der Waals surface area contributed by atoms with E-state index in [0.29, 0.717) is 17.2 Å². The fourth-order valence-electron chi connectivity index (χ4n) is 5.09. The Morgan fingerprint density at radius 3 is 2.84 bits per heavy atom. The van der Waals surface area contributed by atoms with Gasteiger partial charge in [0.25, 0.3) is 0 Å². The molecular weight excluding hydrogens is 306 g/mol. The van der Waals surface area contributed by atoms with E-state index in [1.54, 1.807) is 6.07 Å². The second-order valence-electron chi connectivity index (χ2n) is 8.11. The summed E-state index contributed by atoms with van der Waals surface area (Å²) < 4.78 is 0. The lowest BCUT2D eigenvalue weighted by molar-refractivity contribution is 0.0524. The lowest BCUT2D eigenvalue weighted by Gasteiger charge is -2.51. The van der Waals surface area contributed by atoms with Crippen LogP contribution in [0.15, 0.2) is 48.5 Å². The van der Waals surface area contributed by atoms with Gasteiger partial charge in [-0.15, -0.1) is 0 Å². The van der Waals surface area contributed by atoms with Gasteiger partial charge < -0.3 is 5.11 Å². The molecule has 4 rings (SSSR count). The van der Waals surface area contributed by atoms with E-state index >= 15 is 0 Å². The molecule has 2 aromatic carbocycles. The van der Waals surface area contributed by atoms with Gasteiger partial charge in [0.1, 0.15) is 5.75 Å². The number of benzene rings is 2. The predicted octanol–water partition coefficient (Wildman–Crippen LogP) is 4.83. The molecule has 2 bridgehead atoms. The van der Waals surface area contributed by atoms with Crippen LogP contribution in [-0.2, 0) is 11.8 Å². The van der Waals surface area contributed by atoms with E-state index < -0.39 is 0 Å². The van der Waals surface area contributed by atoms with Crippen molar-refractivity contribution < 1.29 is 5.11 Å². The maximum atomic E-state index is 9.91. The molecule has 0 unspecified atom stereocenters. The second-order valence-corrected chi connectivity index (χ2v) is 8.11. The first-order valence-electron chi connectivity index (χ1n) is 9.74. The molecule has 1 N–H and O–H groups in total. The minimum atomic E-state index is 0.293. The third-order valence-electron chi connectivity index (χ3n) is 6.44. The van der Waals surface area contributed by atoms with Crippen LogP contribution in [-0.4, -0.2) is 29.1 Å². The first kappa shape index (κ1) is 16.7. The smallest absolute Gasteiger partial charge is 0.115 e. The minimum absolute atomic E-state index is 0.293. The zero-order valence-corrected chi connectivity index (χ0v) is 15.2. The fourth-order valence-corrected chi connectivity index (χ4v) is 5.09. The summed E-state index contributed by atoms with van der Waals surface area (Å²) in [6, 6.07) is 17.7. The molecule has 1 aliphatic heterocycles. The van der Waals surface area contributed by atoms with E-state index in [9.17, 15) is 5.11 Å². The average molecular weight is 335 g/mol. The van der Waals surface area contributed by atoms with Crippen LogP contribution in [0.2, 0.25) is 0 Å². The molecule has 1 saturated carbocycles. The zero-order chi connectivity index (χ0) is 17.3. The highest BCUT2D eigenvalue weighted by Gasteiger charge is 2.43. The molecule has 0 radical (unpaired) electrons. The molecule has 25 heavy (non-hydrogen) atoms. The van der Waals surface area contributed by atoms with Crippen molar-refractivity contribution >= 4 is 0 Å². The van der Waals surface area contributed by atoms with Gasteiger partial charge in [-0.3, -0.25) is 4.90 Å². The van der Waals surface area contributed by atoms with Crippen LogP contribution in [0, 0.1) is 6.92 Å². The molecule has 1 aliphatic carbocycles.